The zero-order valence-corrected chi connectivity index (χ0v) is 20.5. The van der Waals surface area contributed by atoms with Crippen LogP contribution < -0.4 is 15.0 Å². The van der Waals surface area contributed by atoms with Crippen LogP contribution >= 0.6 is 0 Å². The lowest BCUT2D eigenvalue weighted by atomic mass is 10.1. The van der Waals surface area contributed by atoms with Crippen LogP contribution in [-0.2, 0) is 6.61 Å². The second-order valence-corrected chi connectivity index (χ2v) is 8.94. The Morgan fingerprint density at radius 3 is 1.95 bits per heavy atom. The molecule has 0 aromatic heterocycles. The van der Waals surface area contributed by atoms with Gasteiger partial charge < -0.3 is 19.9 Å². The molecule has 6 nitrogen and oxygen atoms in total. The van der Waals surface area contributed by atoms with Gasteiger partial charge in [-0.2, -0.15) is 0 Å². The Balaban J connectivity index is 1.11. The van der Waals surface area contributed by atoms with E-state index in [9.17, 15) is 9.59 Å². The lowest BCUT2D eigenvalue weighted by Crippen LogP contribution is -2.48. The average molecular weight is 492 g/mol. The van der Waals surface area contributed by atoms with Gasteiger partial charge in [-0.25, -0.2) is 0 Å². The smallest absolute Gasteiger partial charge is 0.255 e. The van der Waals surface area contributed by atoms with Crippen LogP contribution in [0.1, 0.15) is 26.3 Å². The van der Waals surface area contributed by atoms with Gasteiger partial charge in [-0.15, -0.1) is 0 Å². The molecule has 37 heavy (non-hydrogen) atoms. The number of benzene rings is 4. The number of anilines is 2. The van der Waals surface area contributed by atoms with E-state index >= 15 is 0 Å². The number of carbonyl (C=O) groups is 2. The van der Waals surface area contributed by atoms with E-state index in [1.807, 2.05) is 102 Å². The fourth-order valence-electron chi connectivity index (χ4n) is 4.33. The van der Waals surface area contributed by atoms with Gasteiger partial charge in [-0.05, 0) is 66.2 Å². The average Bonchev–Trinajstić information content (AvgIpc) is 2.97. The van der Waals surface area contributed by atoms with Crippen LogP contribution in [-0.4, -0.2) is 42.9 Å². The number of ether oxygens (including phenoxy) is 1. The lowest BCUT2D eigenvalue weighted by molar-refractivity contribution is 0.0746. The van der Waals surface area contributed by atoms with Gasteiger partial charge in [0.2, 0.25) is 0 Å². The molecule has 0 unspecified atom stereocenters. The third-order valence-electron chi connectivity index (χ3n) is 6.44. The largest absolute Gasteiger partial charge is 0.489 e. The summed E-state index contributed by atoms with van der Waals surface area (Å²) in [5.41, 5.74) is 4.19. The molecule has 1 aliphatic heterocycles. The number of rotatable bonds is 7. The maximum absolute atomic E-state index is 12.7. The Morgan fingerprint density at radius 2 is 1.30 bits per heavy atom. The van der Waals surface area contributed by atoms with Crippen LogP contribution in [0.25, 0.3) is 0 Å². The second kappa shape index (κ2) is 11.4. The van der Waals surface area contributed by atoms with Gasteiger partial charge in [0.25, 0.3) is 11.8 Å². The molecule has 0 aliphatic carbocycles. The van der Waals surface area contributed by atoms with Gasteiger partial charge in [0.05, 0.1) is 0 Å². The van der Waals surface area contributed by atoms with Crippen molar-refractivity contribution < 1.29 is 14.3 Å². The molecule has 0 atom stereocenters. The molecule has 2 amide bonds. The fourth-order valence-corrected chi connectivity index (χ4v) is 4.33. The summed E-state index contributed by atoms with van der Waals surface area (Å²) in [5.74, 6) is 0.625. The lowest BCUT2D eigenvalue weighted by Gasteiger charge is -2.36. The predicted molar refractivity (Wildman–Crippen MR) is 146 cm³/mol. The van der Waals surface area contributed by atoms with Crippen molar-refractivity contribution in [1.29, 1.82) is 0 Å². The van der Waals surface area contributed by atoms with Gasteiger partial charge in [0.1, 0.15) is 12.4 Å². The highest BCUT2D eigenvalue weighted by molar-refractivity contribution is 6.04. The Labute approximate surface area is 217 Å². The summed E-state index contributed by atoms with van der Waals surface area (Å²) < 4.78 is 5.80. The monoisotopic (exact) mass is 491 g/mol. The van der Waals surface area contributed by atoms with Crippen molar-refractivity contribution in [3.8, 4) is 5.75 Å². The molecule has 0 saturated carbocycles. The number of piperazine rings is 1. The molecule has 1 heterocycles. The van der Waals surface area contributed by atoms with Gasteiger partial charge in [0.15, 0.2) is 0 Å². The van der Waals surface area contributed by atoms with Gasteiger partial charge in [-0.3, -0.25) is 9.59 Å². The van der Waals surface area contributed by atoms with Crippen LogP contribution in [0, 0.1) is 0 Å². The quantitative estimate of drug-likeness (QED) is 0.372. The van der Waals surface area contributed by atoms with Crippen molar-refractivity contribution in [2.24, 2.45) is 0 Å². The van der Waals surface area contributed by atoms with Gasteiger partial charge >= 0.3 is 0 Å². The molecule has 1 aliphatic rings. The molecule has 0 radical (unpaired) electrons. The number of carbonyl (C=O) groups excluding carboxylic acids is 2. The fraction of sp³-hybridized carbons (Fsp3) is 0.161. The van der Waals surface area contributed by atoms with Crippen molar-refractivity contribution >= 4 is 23.2 Å². The first-order chi connectivity index (χ1) is 18.2. The zero-order chi connectivity index (χ0) is 25.5. The van der Waals surface area contributed by atoms with Crippen LogP contribution in [0.5, 0.6) is 5.75 Å². The van der Waals surface area contributed by atoms with E-state index in [-0.39, 0.29) is 11.8 Å². The Hall–Kier alpha value is -4.58. The number of amides is 2. The zero-order valence-electron chi connectivity index (χ0n) is 20.5. The van der Waals surface area contributed by atoms with E-state index in [1.165, 1.54) is 0 Å². The van der Waals surface area contributed by atoms with E-state index in [0.717, 1.165) is 41.3 Å². The summed E-state index contributed by atoms with van der Waals surface area (Å²) in [6.07, 6.45) is 0. The van der Waals surface area contributed by atoms with E-state index in [0.29, 0.717) is 25.3 Å². The number of hydrogen-bond donors (Lipinski definition) is 1. The SMILES string of the molecule is O=C(Nc1ccc(N2CCN(C(=O)c3ccccc3)CC2)cc1)c1ccc(OCc2ccccc2)cc1. The minimum atomic E-state index is -0.171. The molecule has 1 saturated heterocycles. The summed E-state index contributed by atoms with van der Waals surface area (Å²) in [6, 6.07) is 34.3. The first-order valence-corrected chi connectivity index (χ1v) is 12.4. The summed E-state index contributed by atoms with van der Waals surface area (Å²) in [6.45, 7) is 3.37. The van der Waals surface area contributed by atoms with Crippen molar-refractivity contribution in [2.75, 3.05) is 36.4 Å². The van der Waals surface area contributed by atoms with Crippen LogP contribution in [0.4, 0.5) is 11.4 Å². The number of nitrogens with zero attached hydrogens (tertiary/aromatic N) is 2. The van der Waals surface area contributed by atoms with Crippen molar-refractivity contribution in [3.63, 3.8) is 0 Å². The first kappa shape index (κ1) is 24.1. The minimum absolute atomic E-state index is 0.0779. The molecule has 4 aromatic carbocycles. The highest BCUT2D eigenvalue weighted by atomic mass is 16.5. The highest BCUT2D eigenvalue weighted by Crippen LogP contribution is 2.21. The van der Waals surface area contributed by atoms with Crippen LogP contribution in [0.2, 0.25) is 0 Å². The highest BCUT2D eigenvalue weighted by Gasteiger charge is 2.22. The minimum Gasteiger partial charge on any atom is -0.489 e. The number of hydrogen-bond acceptors (Lipinski definition) is 4. The Bertz CT molecular complexity index is 1320. The molecule has 186 valence electrons. The molecule has 0 spiro atoms. The second-order valence-electron chi connectivity index (χ2n) is 8.94. The molecule has 1 fully saturated rings. The first-order valence-electron chi connectivity index (χ1n) is 12.4. The van der Waals surface area contributed by atoms with Crippen molar-refractivity contribution in [1.82, 2.24) is 4.90 Å². The maximum Gasteiger partial charge on any atom is 0.255 e. The maximum atomic E-state index is 12.7. The molecule has 5 rings (SSSR count). The predicted octanol–water partition coefficient (Wildman–Crippen LogP) is 5.48. The van der Waals surface area contributed by atoms with E-state index in [2.05, 4.69) is 10.2 Å². The third-order valence-corrected chi connectivity index (χ3v) is 6.44. The van der Waals surface area contributed by atoms with Crippen molar-refractivity contribution in [3.05, 3.63) is 126 Å². The van der Waals surface area contributed by atoms with Gasteiger partial charge in [-0.1, -0.05) is 48.5 Å². The summed E-state index contributed by atoms with van der Waals surface area (Å²) in [4.78, 5) is 29.5. The molecule has 6 heteroatoms. The molecule has 0 bridgehead atoms. The molecular formula is C31H29N3O3. The normalized spacial score (nSPS) is 13.2. The Kier molecular flexibility index (Phi) is 7.46. The van der Waals surface area contributed by atoms with Crippen LogP contribution in [0.15, 0.2) is 109 Å². The summed E-state index contributed by atoms with van der Waals surface area (Å²) in [7, 11) is 0. The third kappa shape index (κ3) is 6.16. The van der Waals surface area contributed by atoms with E-state index < -0.39 is 0 Å². The topological polar surface area (TPSA) is 61.9 Å². The molecular weight excluding hydrogens is 462 g/mol. The standard InChI is InChI=1S/C31H29N3O3/c35-30(25-11-17-29(18-12-25)37-23-24-7-3-1-4-8-24)32-27-13-15-28(16-14-27)33-19-21-34(22-20-33)31(36)26-9-5-2-6-10-26/h1-18H,19-23H2,(H,32,35). The van der Waals surface area contributed by atoms with E-state index in [1.54, 1.807) is 12.1 Å². The van der Waals surface area contributed by atoms with Gasteiger partial charge in [0, 0.05) is 48.7 Å². The summed E-state index contributed by atoms with van der Waals surface area (Å²) >= 11 is 0. The molecule has 1 N–H and O–H groups in total. The van der Waals surface area contributed by atoms with E-state index in [4.69, 9.17) is 4.74 Å². The molecule has 4 aromatic rings. The Morgan fingerprint density at radius 1 is 0.676 bits per heavy atom. The van der Waals surface area contributed by atoms with Crippen LogP contribution in [0.3, 0.4) is 0 Å². The number of nitrogens with one attached hydrogen (secondary N) is 1. The van der Waals surface area contributed by atoms with Crippen molar-refractivity contribution in [2.45, 2.75) is 6.61 Å². The summed E-state index contributed by atoms with van der Waals surface area (Å²) in [5, 5.41) is 2.95.